The Balaban J connectivity index is 1.39. The number of piperazine rings is 1. The van der Waals surface area contributed by atoms with Crippen molar-refractivity contribution in [2.24, 2.45) is 0 Å². The van der Waals surface area contributed by atoms with Gasteiger partial charge in [-0.05, 0) is 31.2 Å². The number of sulfonamides is 1. The van der Waals surface area contributed by atoms with Crippen molar-refractivity contribution >= 4 is 21.1 Å². The van der Waals surface area contributed by atoms with Crippen LogP contribution in [0.5, 0.6) is 5.88 Å². The number of aromatic amines is 1. The number of aromatic nitrogens is 6. The minimum Gasteiger partial charge on any atom is -0.476 e. The second kappa shape index (κ2) is 14.3. The van der Waals surface area contributed by atoms with Crippen LogP contribution < -0.4 is 10.3 Å². The number of fused-ring (bicyclic) bond motifs is 1. The number of H-pyrrole nitrogens is 1. The Labute approximate surface area is 268 Å². The maximum Gasteiger partial charge on any atom is 0.279 e. The summed E-state index contributed by atoms with van der Waals surface area (Å²) in [5.41, 5.74) is 2.15. The maximum atomic E-state index is 13.8. The Hall–Kier alpha value is -3.76. The fourth-order valence-corrected chi connectivity index (χ4v) is 7.24. The third kappa shape index (κ3) is 6.98. The molecular weight excluding hydrogens is 610 g/mol. The van der Waals surface area contributed by atoms with E-state index in [1.165, 1.54) is 16.6 Å². The highest BCUT2D eigenvalue weighted by Crippen LogP contribution is 2.30. The Bertz CT molecular complexity index is 1800. The average molecular weight is 652 g/mol. The van der Waals surface area contributed by atoms with Crippen LogP contribution in [0.15, 0.2) is 46.3 Å². The van der Waals surface area contributed by atoms with Gasteiger partial charge in [0.05, 0.1) is 42.9 Å². The molecule has 6 rings (SSSR count). The van der Waals surface area contributed by atoms with E-state index in [2.05, 4.69) is 43.7 Å². The molecule has 0 spiro atoms. The summed E-state index contributed by atoms with van der Waals surface area (Å²) in [5, 5.41) is 4.62. The maximum absolute atomic E-state index is 13.8. The minimum atomic E-state index is -3.86. The van der Waals surface area contributed by atoms with Crippen LogP contribution in [0.4, 0.5) is 0 Å². The van der Waals surface area contributed by atoms with Crippen LogP contribution in [0.25, 0.3) is 22.4 Å². The van der Waals surface area contributed by atoms with E-state index >= 15 is 0 Å². The fraction of sp³-hybridized carbons (Fsp3) is 0.516. The number of morpholine rings is 1. The molecule has 2 fully saturated rings. The summed E-state index contributed by atoms with van der Waals surface area (Å²) in [7, 11) is -3.86. The molecule has 4 aromatic rings. The molecule has 4 aromatic heterocycles. The van der Waals surface area contributed by atoms with Crippen LogP contribution in [-0.4, -0.2) is 124 Å². The molecule has 1 N–H and O–H groups in total. The van der Waals surface area contributed by atoms with E-state index in [1.807, 2.05) is 18.2 Å². The van der Waals surface area contributed by atoms with E-state index in [9.17, 15) is 13.2 Å². The lowest BCUT2D eigenvalue weighted by atomic mass is 10.2. The largest absolute Gasteiger partial charge is 0.476 e. The molecule has 15 heteroatoms. The van der Waals surface area contributed by atoms with Crippen molar-refractivity contribution in [3.05, 3.63) is 58.4 Å². The van der Waals surface area contributed by atoms with Gasteiger partial charge < -0.3 is 19.4 Å². The van der Waals surface area contributed by atoms with Gasteiger partial charge in [0.15, 0.2) is 5.52 Å². The van der Waals surface area contributed by atoms with Gasteiger partial charge >= 0.3 is 0 Å². The standard InChI is InChI=1S/C31H41N9O5S/c1-3-7-26-27-28(36-40(26)22-23-8-5-6-9-32-23)30(41)35-29(34-27)25-20-24(46(42,43)39-12-10-37(4-2)11-13-39)21-33-31(25)45-19-16-38-14-17-44-18-15-38/h5-6,8-9,20-21H,3-4,7,10-19,22H2,1-2H3,(H,34,35,41). The van der Waals surface area contributed by atoms with Gasteiger partial charge in [-0.3, -0.25) is 19.4 Å². The highest BCUT2D eigenvalue weighted by Gasteiger charge is 2.30. The van der Waals surface area contributed by atoms with Crippen molar-refractivity contribution < 1.29 is 17.9 Å². The van der Waals surface area contributed by atoms with Crippen molar-refractivity contribution in [2.45, 2.75) is 38.1 Å². The summed E-state index contributed by atoms with van der Waals surface area (Å²) in [6, 6.07) is 7.18. The van der Waals surface area contributed by atoms with Crippen molar-refractivity contribution in [1.29, 1.82) is 0 Å². The zero-order valence-electron chi connectivity index (χ0n) is 26.4. The average Bonchev–Trinajstić information content (AvgIpc) is 3.43. The van der Waals surface area contributed by atoms with Crippen LogP contribution in [0.2, 0.25) is 0 Å². The Morgan fingerprint density at radius 3 is 2.52 bits per heavy atom. The molecule has 0 saturated carbocycles. The minimum absolute atomic E-state index is 0.0235. The van der Waals surface area contributed by atoms with Crippen LogP contribution >= 0.6 is 0 Å². The molecule has 14 nitrogen and oxygen atoms in total. The molecule has 6 heterocycles. The Kier molecular flexibility index (Phi) is 10.0. The highest BCUT2D eigenvalue weighted by atomic mass is 32.2. The zero-order chi connectivity index (χ0) is 32.1. The number of likely N-dealkylation sites (N-methyl/N-ethyl adjacent to an activating group) is 1. The molecule has 0 radical (unpaired) electrons. The van der Waals surface area contributed by atoms with Crippen molar-refractivity contribution in [3.63, 3.8) is 0 Å². The Morgan fingerprint density at radius 2 is 1.80 bits per heavy atom. The molecule has 2 aliphatic rings. The number of nitrogens with zero attached hydrogens (tertiary/aromatic N) is 8. The number of pyridine rings is 2. The van der Waals surface area contributed by atoms with Crippen LogP contribution in [-0.2, 0) is 27.7 Å². The van der Waals surface area contributed by atoms with Crippen molar-refractivity contribution in [2.75, 3.05) is 72.2 Å². The number of aryl methyl sites for hydroxylation is 1. The predicted octanol–water partition coefficient (Wildman–Crippen LogP) is 1.61. The quantitative estimate of drug-likeness (QED) is 0.238. The summed E-state index contributed by atoms with van der Waals surface area (Å²) in [4.78, 5) is 34.6. The number of rotatable bonds is 12. The van der Waals surface area contributed by atoms with Gasteiger partial charge in [-0.15, -0.1) is 0 Å². The van der Waals surface area contributed by atoms with Crippen LogP contribution in [0.1, 0.15) is 31.7 Å². The molecule has 0 unspecified atom stereocenters. The van der Waals surface area contributed by atoms with Gasteiger partial charge in [-0.25, -0.2) is 18.4 Å². The van der Waals surface area contributed by atoms with Gasteiger partial charge in [0.2, 0.25) is 15.9 Å². The van der Waals surface area contributed by atoms with Gasteiger partial charge in [0, 0.05) is 52.0 Å². The first kappa shape index (κ1) is 32.2. The number of nitrogens with one attached hydrogen (secondary N) is 1. The van der Waals surface area contributed by atoms with Gasteiger partial charge in [-0.2, -0.15) is 9.40 Å². The van der Waals surface area contributed by atoms with E-state index in [0.717, 1.165) is 37.4 Å². The van der Waals surface area contributed by atoms with E-state index in [4.69, 9.17) is 14.5 Å². The molecule has 0 atom stereocenters. The number of ether oxygens (including phenoxy) is 2. The monoisotopic (exact) mass is 651 g/mol. The Morgan fingerprint density at radius 1 is 1.00 bits per heavy atom. The van der Waals surface area contributed by atoms with Crippen molar-refractivity contribution in [3.8, 4) is 17.3 Å². The molecule has 0 aliphatic carbocycles. The van der Waals surface area contributed by atoms with E-state index < -0.39 is 15.6 Å². The van der Waals surface area contributed by atoms with Crippen LogP contribution in [0.3, 0.4) is 0 Å². The summed E-state index contributed by atoms with van der Waals surface area (Å²) in [6.07, 6.45) is 4.50. The lowest BCUT2D eigenvalue weighted by Crippen LogP contribution is -2.48. The molecule has 2 saturated heterocycles. The molecule has 0 amide bonds. The predicted molar refractivity (Wildman–Crippen MR) is 172 cm³/mol. The van der Waals surface area contributed by atoms with Crippen LogP contribution in [0, 0.1) is 0 Å². The summed E-state index contributed by atoms with van der Waals surface area (Å²) in [6.45, 7) is 11.4. The number of hydrogen-bond donors (Lipinski definition) is 1. The zero-order valence-corrected chi connectivity index (χ0v) is 27.2. The van der Waals surface area contributed by atoms with Crippen molar-refractivity contribution in [1.82, 2.24) is 43.8 Å². The third-order valence-corrected chi connectivity index (χ3v) is 10.3. The second-order valence-corrected chi connectivity index (χ2v) is 13.4. The molecule has 46 heavy (non-hydrogen) atoms. The topological polar surface area (TPSA) is 152 Å². The molecule has 246 valence electrons. The fourth-order valence-electron chi connectivity index (χ4n) is 5.84. The lowest BCUT2D eigenvalue weighted by Gasteiger charge is -2.33. The van der Waals surface area contributed by atoms with E-state index in [0.29, 0.717) is 76.6 Å². The smallest absolute Gasteiger partial charge is 0.279 e. The highest BCUT2D eigenvalue weighted by molar-refractivity contribution is 7.89. The first-order valence-corrected chi connectivity index (χ1v) is 17.4. The first-order valence-electron chi connectivity index (χ1n) is 15.9. The second-order valence-electron chi connectivity index (χ2n) is 11.5. The van der Waals surface area contributed by atoms with E-state index in [-0.39, 0.29) is 22.1 Å². The van der Waals surface area contributed by atoms with Gasteiger partial charge in [0.1, 0.15) is 22.8 Å². The molecule has 2 aliphatic heterocycles. The third-order valence-electron chi connectivity index (χ3n) is 8.47. The van der Waals surface area contributed by atoms with E-state index in [1.54, 1.807) is 10.9 Å². The first-order chi connectivity index (χ1) is 22.4. The SMILES string of the molecule is CCCc1c2nc(-c3cc(S(=O)(=O)N4CCN(CC)CC4)cnc3OCCN3CCOCC3)[nH]c(=O)c2nn1Cc1ccccn1. The lowest BCUT2D eigenvalue weighted by molar-refractivity contribution is 0.0320. The molecule has 0 aromatic carbocycles. The molecular formula is C31H41N9O5S. The normalized spacial score (nSPS) is 17.1. The number of hydrogen-bond acceptors (Lipinski definition) is 11. The summed E-state index contributed by atoms with van der Waals surface area (Å²) in [5.74, 6) is 0.373. The molecule has 0 bridgehead atoms. The summed E-state index contributed by atoms with van der Waals surface area (Å²) >= 11 is 0. The van der Waals surface area contributed by atoms with Gasteiger partial charge in [-0.1, -0.05) is 26.3 Å². The summed E-state index contributed by atoms with van der Waals surface area (Å²) < 4.78 is 42.4. The van der Waals surface area contributed by atoms with Gasteiger partial charge in [0.25, 0.3) is 5.56 Å².